The molecule has 0 bridgehead atoms. The molecule has 1 atom stereocenters. The van der Waals surface area contributed by atoms with Gasteiger partial charge < -0.3 is 4.74 Å². The highest BCUT2D eigenvalue weighted by molar-refractivity contribution is 7.99. The maximum atomic E-state index is 5.19. The Bertz CT molecular complexity index is 572. The lowest BCUT2D eigenvalue weighted by Crippen LogP contribution is -1.95. The molecule has 90 valence electrons. The minimum absolute atomic E-state index is 0.394. The number of thioether (sulfide) groups is 1. The molecule has 0 N–H and O–H groups in total. The van der Waals surface area contributed by atoms with E-state index in [1.54, 1.807) is 7.11 Å². The normalized spacial score (nSPS) is 17.3. The maximum absolute atomic E-state index is 5.19. The summed E-state index contributed by atoms with van der Waals surface area (Å²) in [6.45, 7) is 0. The van der Waals surface area contributed by atoms with Crippen LogP contribution in [0.25, 0.3) is 6.08 Å². The van der Waals surface area contributed by atoms with Gasteiger partial charge in [-0.1, -0.05) is 42.5 Å². The summed E-state index contributed by atoms with van der Waals surface area (Å²) in [6, 6.07) is 16.8. The molecule has 0 saturated carbocycles. The first-order chi connectivity index (χ1) is 8.86. The Balaban J connectivity index is 1.87. The fourth-order valence-electron chi connectivity index (χ4n) is 2.07. The van der Waals surface area contributed by atoms with Crippen molar-refractivity contribution >= 4 is 17.8 Å². The monoisotopic (exact) mass is 254 g/mol. The summed E-state index contributed by atoms with van der Waals surface area (Å²) in [4.78, 5) is 1.35. The van der Waals surface area contributed by atoms with Crippen LogP contribution in [0.1, 0.15) is 16.4 Å². The Morgan fingerprint density at radius 1 is 1.00 bits per heavy atom. The lowest BCUT2D eigenvalue weighted by Gasteiger charge is -2.19. The molecule has 0 saturated heterocycles. The van der Waals surface area contributed by atoms with Crippen molar-refractivity contribution in [2.45, 2.75) is 10.1 Å². The van der Waals surface area contributed by atoms with Crippen LogP contribution in [0.5, 0.6) is 5.75 Å². The largest absolute Gasteiger partial charge is 0.497 e. The third kappa shape index (κ3) is 2.16. The molecule has 0 aromatic heterocycles. The summed E-state index contributed by atoms with van der Waals surface area (Å²) in [6.07, 6.45) is 4.47. The Morgan fingerprint density at radius 3 is 2.56 bits per heavy atom. The van der Waals surface area contributed by atoms with Gasteiger partial charge in [0.05, 0.1) is 12.4 Å². The van der Waals surface area contributed by atoms with Crippen LogP contribution in [0.15, 0.2) is 59.5 Å². The van der Waals surface area contributed by atoms with Gasteiger partial charge in [0.15, 0.2) is 0 Å². The molecule has 0 amide bonds. The van der Waals surface area contributed by atoms with Gasteiger partial charge in [0, 0.05) is 4.90 Å². The van der Waals surface area contributed by atoms with Crippen LogP contribution in [0.2, 0.25) is 0 Å². The Hall–Kier alpha value is -1.67. The second-order valence-corrected chi connectivity index (χ2v) is 5.39. The van der Waals surface area contributed by atoms with Gasteiger partial charge in [-0.05, 0) is 29.3 Å². The van der Waals surface area contributed by atoms with Crippen LogP contribution in [-0.2, 0) is 0 Å². The molecular formula is C16H14OS. The minimum Gasteiger partial charge on any atom is -0.497 e. The summed E-state index contributed by atoms with van der Waals surface area (Å²) < 4.78 is 5.19. The summed E-state index contributed by atoms with van der Waals surface area (Å²) in [5, 5.41) is 0.394. The molecule has 18 heavy (non-hydrogen) atoms. The number of hydrogen-bond acceptors (Lipinski definition) is 2. The number of rotatable bonds is 2. The van der Waals surface area contributed by atoms with Crippen molar-refractivity contribution in [3.8, 4) is 5.75 Å². The van der Waals surface area contributed by atoms with Gasteiger partial charge in [-0.15, -0.1) is 11.8 Å². The molecule has 1 nitrogen and oxygen atoms in total. The zero-order valence-corrected chi connectivity index (χ0v) is 11.0. The molecule has 1 unspecified atom stereocenters. The number of benzene rings is 2. The zero-order valence-electron chi connectivity index (χ0n) is 10.2. The van der Waals surface area contributed by atoms with Crippen molar-refractivity contribution in [2.24, 2.45) is 0 Å². The molecular weight excluding hydrogens is 240 g/mol. The number of fused-ring (bicyclic) bond motifs is 1. The van der Waals surface area contributed by atoms with E-state index >= 15 is 0 Å². The van der Waals surface area contributed by atoms with Crippen LogP contribution in [-0.4, -0.2) is 7.11 Å². The molecule has 1 aliphatic rings. The molecule has 2 heteroatoms. The van der Waals surface area contributed by atoms with Crippen molar-refractivity contribution < 1.29 is 4.74 Å². The number of methoxy groups -OCH3 is 1. The van der Waals surface area contributed by atoms with E-state index in [2.05, 4.69) is 48.6 Å². The first kappa shape index (κ1) is 11.4. The van der Waals surface area contributed by atoms with Crippen molar-refractivity contribution in [3.05, 3.63) is 65.7 Å². The van der Waals surface area contributed by atoms with Gasteiger partial charge in [-0.2, -0.15) is 0 Å². The standard InChI is InChI=1S/C16H14OS/c1-17-14-9-6-13(7-10-14)16-11-8-12-4-2-3-5-15(12)18-16/h2-11,16H,1H3. The highest BCUT2D eigenvalue weighted by Crippen LogP contribution is 2.42. The lowest BCUT2D eigenvalue weighted by molar-refractivity contribution is 0.414. The van der Waals surface area contributed by atoms with E-state index in [1.807, 2.05) is 23.9 Å². The van der Waals surface area contributed by atoms with Crippen molar-refractivity contribution in [1.29, 1.82) is 0 Å². The fraction of sp³-hybridized carbons (Fsp3) is 0.125. The quantitative estimate of drug-likeness (QED) is 0.777. The summed E-state index contributed by atoms with van der Waals surface area (Å²) in [5.41, 5.74) is 2.62. The van der Waals surface area contributed by atoms with Crippen LogP contribution < -0.4 is 4.74 Å². The van der Waals surface area contributed by atoms with Gasteiger partial charge in [-0.25, -0.2) is 0 Å². The highest BCUT2D eigenvalue weighted by atomic mass is 32.2. The highest BCUT2D eigenvalue weighted by Gasteiger charge is 2.15. The van der Waals surface area contributed by atoms with Crippen molar-refractivity contribution in [3.63, 3.8) is 0 Å². The maximum Gasteiger partial charge on any atom is 0.118 e. The first-order valence-electron chi connectivity index (χ1n) is 5.94. The van der Waals surface area contributed by atoms with E-state index in [0.717, 1.165) is 5.75 Å². The molecule has 0 fully saturated rings. The predicted octanol–water partition coefficient (Wildman–Crippen LogP) is 4.56. The van der Waals surface area contributed by atoms with Gasteiger partial charge in [-0.3, -0.25) is 0 Å². The van der Waals surface area contributed by atoms with Gasteiger partial charge in [0.2, 0.25) is 0 Å². The van der Waals surface area contributed by atoms with E-state index in [4.69, 9.17) is 4.74 Å². The number of hydrogen-bond donors (Lipinski definition) is 0. The minimum atomic E-state index is 0.394. The Morgan fingerprint density at radius 2 is 1.78 bits per heavy atom. The SMILES string of the molecule is COc1ccc(C2C=Cc3ccccc3S2)cc1. The topological polar surface area (TPSA) is 9.23 Å². The Kier molecular flexibility index (Phi) is 3.11. The van der Waals surface area contributed by atoms with E-state index < -0.39 is 0 Å². The Labute approximate surface area is 111 Å². The fourth-order valence-corrected chi connectivity index (χ4v) is 3.22. The molecule has 2 aromatic carbocycles. The molecule has 0 spiro atoms. The van der Waals surface area contributed by atoms with E-state index in [-0.39, 0.29) is 0 Å². The molecule has 0 aliphatic carbocycles. The van der Waals surface area contributed by atoms with E-state index in [9.17, 15) is 0 Å². The average molecular weight is 254 g/mol. The second-order valence-electron chi connectivity index (χ2n) is 4.21. The van der Waals surface area contributed by atoms with Crippen molar-refractivity contribution in [1.82, 2.24) is 0 Å². The first-order valence-corrected chi connectivity index (χ1v) is 6.82. The zero-order chi connectivity index (χ0) is 12.4. The van der Waals surface area contributed by atoms with Crippen LogP contribution in [0, 0.1) is 0 Å². The van der Waals surface area contributed by atoms with Gasteiger partial charge in [0.1, 0.15) is 5.75 Å². The summed E-state index contributed by atoms with van der Waals surface area (Å²) in [7, 11) is 1.69. The van der Waals surface area contributed by atoms with Gasteiger partial charge in [0.25, 0.3) is 0 Å². The van der Waals surface area contributed by atoms with Crippen LogP contribution in [0.3, 0.4) is 0 Å². The third-order valence-electron chi connectivity index (χ3n) is 3.07. The smallest absolute Gasteiger partial charge is 0.118 e. The van der Waals surface area contributed by atoms with E-state index in [0.29, 0.717) is 5.25 Å². The predicted molar refractivity (Wildman–Crippen MR) is 77.1 cm³/mol. The summed E-state index contributed by atoms with van der Waals surface area (Å²) in [5.74, 6) is 0.906. The van der Waals surface area contributed by atoms with Crippen molar-refractivity contribution in [2.75, 3.05) is 7.11 Å². The lowest BCUT2D eigenvalue weighted by atomic mass is 10.1. The van der Waals surface area contributed by atoms with Crippen LogP contribution >= 0.6 is 11.8 Å². The molecule has 1 aliphatic heterocycles. The summed E-state index contributed by atoms with van der Waals surface area (Å²) >= 11 is 1.90. The number of ether oxygens (including phenoxy) is 1. The third-order valence-corrected chi connectivity index (χ3v) is 4.38. The molecule has 2 aromatic rings. The average Bonchev–Trinajstić information content (AvgIpc) is 2.47. The second kappa shape index (κ2) is 4.91. The molecule has 1 heterocycles. The van der Waals surface area contributed by atoms with Crippen LogP contribution in [0.4, 0.5) is 0 Å². The molecule has 3 rings (SSSR count). The molecule has 0 radical (unpaired) electrons. The van der Waals surface area contributed by atoms with Gasteiger partial charge >= 0.3 is 0 Å². The van der Waals surface area contributed by atoms with E-state index in [1.165, 1.54) is 16.0 Å².